The maximum Gasteiger partial charge on any atom is 0.141 e. The Hall–Kier alpha value is -7.38. The molecule has 6 heteroatoms. The van der Waals surface area contributed by atoms with Crippen LogP contribution in [-0.4, -0.2) is 35.9 Å². The van der Waals surface area contributed by atoms with Crippen LogP contribution in [0.25, 0.3) is 0 Å². The summed E-state index contributed by atoms with van der Waals surface area (Å²) in [6, 6.07) is 73.2. The monoisotopic (exact) mass is 840 g/mol. The molecule has 0 aliphatic rings. The van der Waals surface area contributed by atoms with Gasteiger partial charge in [-0.15, -0.1) is 0 Å². The van der Waals surface area contributed by atoms with E-state index >= 15 is 0 Å². The molecule has 8 aromatic carbocycles. The molecule has 0 amide bonds. The van der Waals surface area contributed by atoms with E-state index in [1.165, 1.54) is 0 Å². The predicted molar refractivity (Wildman–Crippen MR) is 258 cm³/mol. The summed E-state index contributed by atoms with van der Waals surface area (Å²) in [5.74, 6) is 1.42. The van der Waals surface area contributed by atoms with Crippen molar-refractivity contribution >= 4 is 12.4 Å². The van der Waals surface area contributed by atoms with Crippen LogP contribution >= 0.6 is 0 Å². The number of hydrogen-bond acceptors (Lipinski definition) is 6. The minimum absolute atomic E-state index is 0.480. The molecule has 8 rings (SSSR count). The maximum absolute atomic E-state index is 12.8. The van der Waals surface area contributed by atoms with E-state index in [1.54, 1.807) is 0 Å². The third-order valence-electron chi connectivity index (χ3n) is 11.5. The second-order valence-electron chi connectivity index (χ2n) is 15.7. The van der Waals surface area contributed by atoms with E-state index in [2.05, 4.69) is 0 Å². The molecule has 2 unspecified atom stereocenters. The van der Waals surface area contributed by atoms with Crippen LogP contribution in [0.3, 0.4) is 0 Å². The molecule has 0 saturated carbocycles. The number of aliphatic hydroxyl groups is 2. The van der Waals surface area contributed by atoms with Crippen molar-refractivity contribution in [1.29, 1.82) is 0 Å². The van der Waals surface area contributed by atoms with Crippen molar-refractivity contribution in [3.8, 4) is 11.5 Å². The lowest BCUT2D eigenvalue weighted by molar-refractivity contribution is 0.0521. The Labute approximate surface area is 376 Å². The molecular formula is C58H52N2O4. The van der Waals surface area contributed by atoms with Crippen LogP contribution in [-0.2, 0) is 11.2 Å². The highest BCUT2D eigenvalue weighted by Crippen LogP contribution is 2.45. The number of hydrogen-bond donors (Lipinski definition) is 2. The molecule has 64 heavy (non-hydrogen) atoms. The van der Waals surface area contributed by atoms with E-state index in [0.717, 1.165) is 57.3 Å². The lowest BCUT2D eigenvalue weighted by Gasteiger charge is -2.35. The Morgan fingerprint density at radius 2 is 0.625 bits per heavy atom. The highest BCUT2D eigenvalue weighted by molar-refractivity contribution is 5.84. The van der Waals surface area contributed by atoms with E-state index in [4.69, 9.17) is 19.5 Å². The highest BCUT2D eigenvalue weighted by atomic mass is 16.5. The summed E-state index contributed by atoms with van der Waals surface area (Å²) in [5.41, 5.74) is 3.53. The zero-order valence-corrected chi connectivity index (χ0v) is 35.7. The summed E-state index contributed by atoms with van der Waals surface area (Å²) >= 11 is 0. The maximum atomic E-state index is 12.8. The molecule has 2 N–H and O–H groups in total. The fourth-order valence-electron chi connectivity index (χ4n) is 8.19. The third-order valence-corrected chi connectivity index (χ3v) is 11.5. The molecular weight excluding hydrogens is 789 g/mol. The van der Waals surface area contributed by atoms with Crippen LogP contribution in [0.5, 0.6) is 11.5 Å². The van der Waals surface area contributed by atoms with Gasteiger partial charge in [0.15, 0.2) is 0 Å². The lowest BCUT2D eigenvalue weighted by Crippen LogP contribution is -2.34. The quantitative estimate of drug-likeness (QED) is 0.0627. The van der Waals surface area contributed by atoms with E-state index in [0.29, 0.717) is 24.7 Å². The molecule has 0 heterocycles. The summed E-state index contributed by atoms with van der Waals surface area (Å²) in [7, 11) is 0. The smallest absolute Gasteiger partial charge is 0.141 e. The standard InChI is InChI=1S/C58H52N2O4/c61-57(49-31-11-3-12-32-49,50-33-13-4-14-34-50)55(45-25-7-1-8-26-45)59-43-47-29-19-21-39-53(47)63-41-23-24-42-64-54-40-22-20-30-48(54)44-60-56(46-27-9-2-10-28-46)58(62,51-35-15-5-16-36-51)52-37-17-6-18-38-52/h1-22,25-40,43-44,55-56,61-62H,23-24,41-42H2. The number of aliphatic imine (C=N–C) groups is 2. The summed E-state index contributed by atoms with van der Waals surface area (Å²) < 4.78 is 12.7. The van der Waals surface area contributed by atoms with Gasteiger partial charge in [-0.1, -0.05) is 206 Å². The summed E-state index contributed by atoms with van der Waals surface area (Å²) in [5, 5.41) is 25.6. The van der Waals surface area contributed by atoms with Gasteiger partial charge in [-0.3, -0.25) is 9.98 Å². The number of benzene rings is 8. The number of unbranched alkanes of at least 4 members (excludes halogenated alkanes) is 1. The minimum Gasteiger partial charge on any atom is -0.493 e. The SMILES string of the molecule is OC(c1ccccc1)(c1ccccc1)C(N=Cc1ccccc1OCCCCOc1ccccc1C=NC(c1ccccc1)C(O)(c1ccccc1)c1ccccc1)c1ccccc1. The minimum atomic E-state index is -1.45. The van der Waals surface area contributed by atoms with E-state index in [9.17, 15) is 10.2 Å². The first-order valence-electron chi connectivity index (χ1n) is 21.8. The first kappa shape index (κ1) is 43.3. The molecule has 6 nitrogen and oxygen atoms in total. The van der Waals surface area contributed by atoms with Crippen LogP contribution < -0.4 is 9.47 Å². The van der Waals surface area contributed by atoms with Crippen molar-refractivity contribution in [1.82, 2.24) is 0 Å². The first-order valence-corrected chi connectivity index (χ1v) is 21.8. The average Bonchev–Trinajstić information content (AvgIpc) is 3.37. The molecule has 0 aromatic heterocycles. The van der Waals surface area contributed by atoms with Crippen LogP contribution in [0.1, 0.15) is 69.4 Å². The van der Waals surface area contributed by atoms with Crippen LogP contribution in [0.2, 0.25) is 0 Å². The molecule has 8 aromatic rings. The number of para-hydroxylation sites is 2. The molecule has 0 spiro atoms. The summed E-state index contributed by atoms with van der Waals surface area (Å²) in [6.07, 6.45) is 5.14. The number of ether oxygens (including phenoxy) is 2. The predicted octanol–water partition coefficient (Wildman–Crippen LogP) is 12.1. The molecule has 0 radical (unpaired) electrons. The van der Waals surface area contributed by atoms with Crippen LogP contribution in [0.4, 0.5) is 0 Å². The largest absolute Gasteiger partial charge is 0.493 e. The van der Waals surface area contributed by atoms with Gasteiger partial charge >= 0.3 is 0 Å². The zero-order chi connectivity index (χ0) is 43.9. The van der Waals surface area contributed by atoms with Crippen molar-refractivity contribution in [2.24, 2.45) is 9.98 Å². The van der Waals surface area contributed by atoms with E-state index in [1.807, 2.05) is 243 Å². The van der Waals surface area contributed by atoms with Crippen molar-refractivity contribution in [3.63, 3.8) is 0 Å². The van der Waals surface area contributed by atoms with Gasteiger partial charge < -0.3 is 19.7 Å². The van der Waals surface area contributed by atoms with Crippen molar-refractivity contribution in [2.75, 3.05) is 13.2 Å². The summed E-state index contributed by atoms with van der Waals surface area (Å²) in [4.78, 5) is 10.3. The number of rotatable bonds is 19. The Kier molecular flexibility index (Phi) is 14.3. The van der Waals surface area contributed by atoms with Crippen LogP contribution in [0, 0.1) is 0 Å². The van der Waals surface area contributed by atoms with Gasteiger partial charge in [0.1, 0.15) is 34.8 Å². The molecule has 0 saturated heterocycles. The highest BCUT2D eigenvalue weighted by Gasteiger charge is 2.42. The third kappa shape index (κ3) is 9.95. The van der Waals surface area contributed by atoms with E-state index in [-0.39, 0.29) is 0 Å². The lowest BCUT2D eigenvalue weighted by atomic mass is 9.77. The van der Waals surface area contributed by atoms with Crippen molar-refractivity contribution in [2.45, 2.75) is 36.1 Å². The molecule has 318 valence electrons. The van der Waals surface area contributed by atoms with Crippen molar-refractivity contribution in [3.05, 3.63) is 275 Å². The normalized spacial score (nSPS) is 12.8. The molecule has 0 bridgehead atoms. The Balaban J connectivity index is 0.953. The van der Waals surface area contributed by atoms with Gasteiger partial charge in [0.05, 0.1) is 13.2 Å². The van der Waals surface area contributed by atoms with Crippen molar-refractivity contribution < 1.29 is 19.7 Å². The molecule has 2 atom stereocenters. The molecule has 0 aliphatic heterocycles. The van der Waals surface area contributed by atoms with Gasteiger partial charge in [-0.2, -0.15) is 0 Å². The van der Waals surface area contributed by atoms with Gasteiger partial charge in [0, 0.05) is 23.6 Å². The van der Waals surface area contributed by atoms with Gasteiger partial charge in [-0.25, -0.2) is 0 Å². The average molecular weight is 841 g/mol. The fraction of sp³-hybridized carbons (Fsp3) is 0.138. The Bertz CT molecular complexity index is 2430. The number of nitrogens with zero attached hydrogens (tertiary/aromatic N) is 2. The first-order chi connectivity index (χ1) is 31.5. The Morgan fingerprint density at radius 1 is 0.359 bits per heavy atom. The van der Waals surface area contributed by atoms with Gasteiger partial charge in [-0.05, 0) is 70.5 Å². The molecule has 0 aliphatic carbocycles. The second kappa shape index (κ2) is 21.1. The second-order valence-corrected chi connectivity index (χ2v) is 15.7. The fourth-order valence-corrected chi connectivity index (χ4v) is 8.19. The Morgan fingerprint density at radius 3 is 0.938 bits per heavy atom. The summed E-state index contributed by atoms with van der Waals surface area (Å²) in [6.45, 7) is 0.960. The van der Waals surface area contributed by atoms with Gasteiger partial charge in [0.2, 0.25) is 0 Å². The topological polar surface area (TPSA) is 83.6 Å². The van der Waals surface area contributed by atoms with Gasteiger partial charge in [0.25, 0.3) is 0 Å². The zero-order valence-electron chi connectivity index (χ0n) is 35.7. The van der Waals surface area contributed by atoms with Crippen LogP contribution in [0.15, 0.2) is 241 Å². The molecule has 0 fully saturated rings. The van der Waals surface area contributed by atoms with E-state index < -0.39 is 23.3 Å².